The Kier molecular flexibility index (Phi) is 4.60. The summed E-state index contributed by atoms with van der Waals surface area (Å²) >= 11 is 8.34. The van der Waals surface area contributed by atoms with Crippen LogP contribution >= 0.6 is 25.3 Å². The highest BCUT2D eigenvalue weighted by Gasteiger charge is 2.39. The van der Waals surface area contributed by atoms with Gasteiger partial charge < -0.3 is 5.32 Å². The summed E-state index contributed by atoms with van der Waals surface area (Å²) in [5.74, 6) is 0.0605. The predicted molar refractivity (Wildman–Crippen MR) is 64.8 cm³/mol. The highest BCUT2D eigenvalue weighted by atomic mass is 32.2. The van der Waals surface area contributed by atoms with Crippen LogP contribution in [0.5, 0.6) is 0 Å². The van der Waals surface area contributed by atoms with Crippen molar-refractivity contribution in [1.82, 2.24) is 10.6 Å². The quantitative estimate of drug-likeness (QED) is 0.437. The molecule has 1 rings (SSSR count). The second kappa shape index (κ2) is 5.28. The van der Waals surface area contributed by atoms with E-state index in [9.17, 15) is 4.79 Å². The number of rotatable bonds is 3. The third-order valence-electron chi connectivity index (χ3n) is 2.77. The first-order valence-corrected chi connectivity index (χ1v) is 6.00. The Morgan fingerprint density at radius 1 is 1.29 bits per heavy atom. The van der Waals surface area contributed by atoms with Gasteiger partial charge in [-0.2, -0.15) is 0 Å². The van der Waals surface area contributed by atoms with E-state index < -0.39 is 5.54 Å². The molecule has 0 aromatic rings. The van der Waals surface area contributed by atoms with Crippen molar-refractivity contribution in [2.24, 2.45) is 0 Å². The van der Waals surface area contributed by atoms with Crippen LogP contribution in [0.4, 0.5) is 0 Å². The van der Waals surface area contributed by atoms with Crippen LogP contribution in [0.3, 0.4) is 0 Å². The van der Waals surface area contributed by atoms with E-state index in [2.05, 4.69) is 35.9 Å². The molecule has 0 heterocycles. The molecule has 0 aliphatic heterocycles. The molecule has 1 fully saturated rings. The van der Waals surface area contributed by atoms with Crippen LogP contribution in [0.1, 0.15) is 32.1 Å². The van der Waals surface area contributed by atoms with Gasteiger partial charge in [-0.1, -0.05) is 19.3 Å². The molecule has 1 saturated carbocycles. The Bertz CT molecular complexity index is 203. The lowest BCUT2D eigenvalue weighted by atomic mass is 9.81. The first-order chi connectivity index (χ1) is 6.60. The van der Waals surface area contributed by atoms with Crippen molar-refractivity contribution >= 4 is 31.2 Å². The van der Waals surface area contributed by atoms with Gasteiger partial charge in [0.05, 0.1) is 10.2 Å². The SMILES string of the molecule is CNC(=O)C1(NC(S)S)CCCCC1. The van der Waals surface area contributed by atoms with E-state index in [1.807, 2.05) is 0 Å². The lowest BCUT2D eigenvalue weighted by Crippen LogP contribution is -2.58. The minimum atomic E-state index is -0.443. The summed E-state index contributed by atoms with van der Waals surface area (Å²) in [6.45, 7) is 0. The normalized spacial score (nSPS) is 20.9. The summed E-state index contributed by atoms with van der Waals surface area (Å²) in [6.07, 6.45) is 5.15. The predicted octanol–water partition coefficient (Wildman–Crippen LogP) is 1.17. The van der Waals surface area contributed by atoms with Gasteiger partial charge in [0.25, 0.3) is 0 Å². The molecule has 0 aromatic carbocycles. The summed E-state index contributed by atoms with van der Waals surface area (Å²) in [5.41, 5.74) is -0.443. The number of nitrogens with one attached hydrogen (secondary N) is 2. The van der Waals surface area contributed by atoms with Crippen LogP contribution in [0, 0.1) is 0 Å². The molecular weight excluding hydrogens is 216 g/mol. The van der Waals surface area contributed by atoms with Gasteiger partial charge in [0.2, 0.25) is 5.91 Å². The molecule has 0 unspecified atom stereocenters. The van der Waals surface area contributed by atoms with E-state index in [-0.39, 0.29) is 10.6 Å². The maximum Gasteiger partial charge on any atom is 0.240 e. The largest absolute Gasteiger partial charge is 0.358 e. The van der Waals surface area contributed by atoms with Gasteiger partial charge in [-0.15, -0.1) is 25.3 Å². The molecule has 1 amide bonds. The van der Waals surface area contributed by atoms with E-state index in [0.29, 0.717) is 0 Å². The van der Waals surface area contributed by atoms with Crippen molar-refractivity contribution in [2.45, 2.75) is 42.3 Å². The maximum atomic E-state index is 11.8. The summed E-state index contributed by atoms with van der Waals surface area (Å²) in [7, 11) is 1.67. The van der Waals surface area contributed by atoms with E-state index in [1.165, 1.54) is 6.42 Å². The van der Waals surface area contributed by atoms with Crippen LogP contribution in [0.15, 0.2) is 0 Å². The van der Waals surface area contributed by atoms with Crippen LogP contribution in [-0.4, -0.2) is 23.2 Å². The average Bonchev–Trinajstić information content (AvgIpc) is 2.17. The first kappa shape index (κ1) is 12.2. The summed E-state index contributed by atoms with van der Waals surface area (Å²) in [5, 5.41) is 5.87. The van der Waals surface area contributed by atoms with E-state index in [4.69, 9.17) is 0 Å². The van der Waals surface area contributed by atoms with Crippen LogP contribution in [0.25, 0.3) is 0 Å². The van der Waals surface area contributed by atoms with Crippen molar-refractivity contribution in [3.8, 4) is 0 Å². The average molecular weight is 234 g/mol. The first-order valence-electron chi connectivity index (χ1n) is 4.97. The number of carbonyl (C=O) groups excluding carboxylic acids is 1. The fourth-order valence-corrected chi connectivity index (χ4v) is 2.57. The smallest absolute Gasteiger partial charge is 0.240 e. The molecular formula is C9H18N2OS2. The molecule has 0 spiro atoms. The third-order valence-corrected chi connectivity index (χ3v) is 3.03. The molecule has 2 N–H and O–H groups in total. The van der Waals surface area contributed by atoms with Gasteiger partial charge in [-0.05, 0) is 12.8 Å². The highest BCUT2D eigenvalue weighted by Crippen LogP contribution is 2.29. The zero-order valence-corrected chi connectivity index (χ0v) is 10.2. The Hall–Kier alpha value is 0.130. The zero-order valence-electron chi connectivity index (χ0n) is 8.42. The van der Waals surface area contributed by atoms with Gasteiger partial charge >= 0.3 is 0 Å². The van der Waals surface area contributed by atoms with E-state index in [1.54, 1.807) is 7.05 Å². The Labute approximate surface area is 96.2 Å². The van der Waals surface area contributed by atoms with Gasteiger partial charge in [-0.25, -0.2) is 0 Å². The second-order valence-electron chi connectivity index (χ2n) is 3.74. The number of amides is 1. The number of hydrogen-bond acceptors (Lipinski definition) is 4. The Balaban J connectivity index is 2.71. The van der Waals surface area contributed by atoms with E-state index in [0.717, 1.165) is 25.7 Å². The molecule has 1 aliphatic carbocycles. The van der Waals surface area contributed by atoms with Crippen molar-refractivity contribution in [3.63, 3.8) is 0 Å². The second-order valence-corrected chi connectivity index (χ2v) is 5.18. The highest BCUT2D eigenvalue weighted by molar-refractivity contribution is 7.99. The molecule has 0 atom stereocenters. The standard InChI is InChI=1S/C9H18N2OS2/c1-10-7(12)9(11-8(13)14)5-3-2-4-6-9/h8,11,13-14H,2-6H2,1H3,(H,10,12). The fraction of sp³-hybridized carbons (Fsp3) is 0.889. The third kappa shape index (κ3) is 2.81. The minimum absolute atomic E-state index is 0.0605. The molecule has 14 heavy (non-hydrogen) atoms. The topological polar surface area (TPSA) is 41.1 Å². The maximum absolute atomic E-state index is 11.8. The van der Waals surface area contributed by atoms with Gasteiger partial charge in [0, 0.05) is 7.05 Å². The molecule has 82 valence electrons. The number of likely N-dealkylation sites (N-methyl/N-ethyl adjacent to an activating group) is 1. The number of carbonyl (C=O) groups is 1. The molecule has 0 saturated heterocycles. The zero-order chi connectivity index (χ0) is 10.6. The lowest BCUT2D eigenvalue weighted by molar-refractivity contribution is -0.128. The molecule has 5 heteroatoms. The lowest BCUT2D eigenvalue weighted by Gasteiger charge is -2.37. The number of hydrogen-bond donors (Lipinski definition) is 4. The molecule has 3 nitrogen and oxygen atoms in total. The summed E-state index contributed by atoms with van der Waals surface area (Å²) in [6, 6.07) is 0. The van der Waals surface area contributed by atoms with Crippen molar-refractivity contribution in [2.75, 3.05) is 7.05 Å². The Morgan fingerprint density at radius 3 is 2.29 bits per heavy atom. The monoisotopic (exact) mass is 234 g/mol. The van der Waals surface area contributed by atoms with E-state index >= 15 is 0 Å². The van der Waals surface area contributed by atoms with Gasteiger partial charge in [-0.3, -0.25) is 10.1 Å². The van der Waals surface area contributed by atoms with Crippen molar-refractivity contribution in [3.05, 3.63) is 0 Å². The van der Waals surface area contributed by atoms with Gasteiger partial charge in [0.1, 0.15) is 0 Å². The number of thiol groups is 2. The molecule has 0 bridgehead atoms. The Morgan fingerprint density at radius 2 is 1.86 bits per heavy atom. The summed E-state index contributed by atoms with van der Waals surface area (Å²) < 4.78 is -0.245. The van der Waals surface area contributed by atoms with Crippen LogP contribution < -0.4 is 10.6 Å². The van der Waals surface area contributed by atoms with Crippen molar-refractivity contribution < 1.29 is 4.79 Å². The van der Waals surface area contributed by atoms with Crippen molar-refractivity contribution in [1.29, 1.82) is 0 Å². The molecule has 1 aliphatic rings. The van der Waals surface area contributed by atoms with Crippen LogP contribution in [-0.2, 0) is 4.79 Å². The summed E-state index contributed by atoms with van der Waals surface area (Å²) in [4.78, 5) is 11.8. The minimum Gasteiger partial charge on any atom is -0.358 e. The van der Waals surface area contributed by atoms with Crippen LogP contribution in [0.2, 0.25) is 0 Å². The van der Waals surface area contributed by atoms with Gasteiger partial charge in [0.15, 0.2) is 0 Å². The molecule has 0 aromatic heterocycles. The molecule has 0 radical (unpaired) electrons. The fourth-order valence-electron chi connectivity index (χ4n) is 2.08.